The van der Waals surface area contributed by atoms with Gasteiger partial charge in [-0.15, -0.1) is 0 Å². The summed E-state index contributed by atoms with van der Waals surface area (Å²) in [5.41, 5.74) is 10.1. The van der Waals surface area contributed by atoms with E-state index in [1.807, 2.05) is 43.9 Å². The Hall–Kier alpha value is -2.98. The largest absolute Gasteiger partial charge is 0.388 e. The number of hydrogen-bond acceptors (Lipinski definition) is 5. The zero-order valence-electron chi connectivity index (χ0n) is 17.8. The van der Waals surface area contributed by atoms with Crippen molar-refractivity contribution in [3.05, 3.63) is 40.6 Å². The van der Waals surface area contributed by atoms with Crippen LogP contribution in [0.4, 0.5) is 11.5 Å². The number of nitrogens with one attached hydrogen (secondary N) is 3. The summed E-state index contributed by atoms with van der Waals surface area (Å²) in [5.74, 6) is 7.69. The van der Waals surface area contributed by atoms with Gasteiger partial charge in [0, 0.05) is 31.9 Å². The van der Waals surface area contributed by atoms with Crippen molar-refractivity contribution in [2.24, 2.45) is 11.7 Å². The third-order valence-electron chi connectivity index (χ3n) is 5.57. The molecule has 1 aliphatic heterocycles. The number of nitrogen functional groups attached to an aromatic ring is 1. The molecule has 29 heavy (non-hydrogen) atoms. The van der Waals surface area contributed by atoms with Gasteiger partial charge < -0.3 is 21.3 Å². The summed E-state index contributed by atoms with van der Waals surface area (Å²) in [7, 11) is 5.89. The molecule has 0 saturated carbocycles. The number of likely N-dealkylation sites (tertiary alicyclic amines) is 1. The van der Waals surface area contributed by atoms with E-state index in [1.54, 1.807) is 0 Å². The van der Waals surface area contributed by atoms with E-state index in [2.05, 4.69) is 34.4 Å². The molecular formula is C22H31N7. The molecule has 0 unspecified atom stereocenters. The van der Waals surface area contributed by atoms with Crippen LogP contribution in [0.2, 0.25) is 0 Å². The van der Waals surface area contributed by atoms with E-state index in [0.29, 0.717) is 17.2 Å². The fraction of sp³-hybridized carbons (Fsp3) is 0.455. The molecule has 3 rings (SSSR count). The summed E-state index contributed by atoms with van der Waals surface area (Å²) >= 11 is 0. The van der Waals surface area contributed by atoms with Crippen molar-refractivity contribution in [1.29, 1.82) is 5.41 Å². The van der Waals surface area contributed by atoms with Crippen LogP contribution in [0.5, 0.6) is 0 Å². The molecule has 1 aromatic heterocycles. The van der Waals surface area contributed by atoms with Crippen LogP contribution in [0.15, 0.2) is 18.2 Å². The van der Waals surface area contributed by atoms with Crippen LogP contribution in [-0.4, -0.2) is 54.7 Å². The molecule has 1 aliphatic rings. The van der Waals surface area contributed by atoms with Crippen LogP contribution >= 0.6 is 0 Å². The zero-order valence-corrected chi connectivity index (χ0v) is 17.8. The molecule has 1 aromatic carbocycles. The Kier molecular flexibility index (Phi) is 6.45. The predicted octanol–water partition coefficient (Wildman–Crippen LogP) is 2.30. The second-order valence-electron chi connectivity index (χ2n) is 7.69. The number of aromatic nitrogens is 2. The SMILES string of the molecule is CNc1ccc(C)c(C#Cc2nn(CC3CCN(C)CC3)c(NC)c2C(=N)N)c1. The van der Waals surface area contributed by atoms with E-state index >= 15 is 0 Å². The minimum Gasteiger partial charge on any atom is -0.388 e. The highest BCUT2D eigenvalue weighted by atomic mass is 15.3. The predicted molar refractivity (Wildman–Crippen MR) is 120 cm³/mol. The normalized spacial score (nSPS) is 14.9. The lowest BCUT2D eigenvalue weighted by molar-refractivity contribution is 0.202. The number of nitrogens with zero attached hydrogens (tertiary/aromatic N) is 3. The summed E-state index contributed by atoms with van der Waals surface area (Å²) in [5, 5.41) is 19.1. The Morgan fingerprint density at radius 1 is 1.24 bits per heavy atom. The fourth-order valence-electron chi connectivity index (χ4n) is 3.72. The summed E-state index contributed by atoms with van der Waals surface area (Å²) in [6.45, 7) is 5.05. The lowest BCUT2D eigenvalue weighted by atomic mass is 9.97. The highest BCUT2D eigenvalue weighted by Gasteiger charge is 2.23. The highest BCUT2D eigenvalue weighted by Crippen LogP contribution is 2.24. The first-order valence-corrected chi connectivity index (χ1v) is 10.0. The molecular weight excluding hydrogens is 362 g/mol. The second kappa shape index (κ2) is 9.01. The van der Waals surface area contributed by atoms with Gasteiger partial charge in [0.1, 0.15) is 17.3 Å². The Balaban J connectivity index is 1.95. The molecule has 0 bridgehead atoms. The number of anilines is 2. The number of hydrogen-bond donors (Lipinski definition) is 4. The number of rotatable bonds is 5. The summed E-state index contributed by atoms with van der Waals surface area (Å²) in [4.78, 5) is 2.36. The summed E-state index contributed by atoms with van der Waals surface area (Å²) in [6.07, 6.45) is 2.29. The molecule has 5 N–H and O–H groups in total. The van der Waals surface area contributed by atoms with Gasteiger partial charge >= 0.3 is 0 Å². The molecule has 2 heterocycles. The smallest absolute Gasteiger partial charge is 0.148 e. The van der Waals surface area contributed by atoms with Crippen molar-refractivity contribution in [1.82, 2.24) is 14.7 Å². The second-order valence-corrected chi connectivity index (χ2v) is 7.69. The summed E-state index contributed by atoms with van der Waals surface area (Å²) < 4.78 is 1.94. The molecule has 0 aliphatic carbocycles. The van der Waals surface area contributed by atoms with Crippen LogP contribution in [0.1, 0.15) is 35.2 Å². The monoisotopic (exact) mass is 393 g/mol. The van der Waals surface area contributed by atoms with Crippen LogP contribution in [0.25, 0.3) is 0 Å². The van der Waals surface area contributed by atoms with Crippen LogP contribution in [-0.2, 0) is 6.54 Å². The van der Waals surface area contributed by atoms with Crippen molar-refractivity contribution in [3.8, 4) is 11.8 Å². The summed E-state index contributed by atoms with van der Waals surface area (Å²) in [6, 6.07) is 6.08. The third kappa shape index (κ3) is 4.72. The van der Waals surface area contributed by atoms with Crippen LogP contribution < -0.4 is 16.4 Å². The lowest BCUT2D eigenvalue weighted by Crippen LogP contribution is -2.32. The fourth-order valence-corrected chi connectivity index (χ4v) is 3.72. The zero-order chi connectivity index (χ0) is 21.0. The van der Waals surface area contributed by atoms with Gasteiger partial charge in [0.05, 0.1) is 5.56 Å². The minimum absolute atomic E-state index is 0.0195. The molecule has 0 radical (unpaired) electrons. The van der Waals surface area contributed by atoms with Crippen molar-refractivity contribution >= 4 is 17.3 Å². The molecule has 0 spiro atoms. The average Bonchev–Trinajstić information content (AvgIpc) is 3.06. The molecule has 2 aromatic rings. The van der Waals surface area contributed by atoms with E-state index in [9.17, 15) is 0 Å². The molecule has 0 amide bonds. The Labute approximate surface area is 173 Å². The van der Waals surface area contributed by atoms with Crippen molar-refractivity contribution in [2.75, 3.05) is 44.9 Å². The third-order valence-corrected chi connectivity index (χ3v) is 5.57. The molecule has 7 nitrogen and oxygen atoms in total. The van der Waals surface area contributed by atoms with Gasteiger partial charge in [-0.2, -0.15) is 5.10 Å². The van der Waals surface area contributed by atoms with Crippen molar-refractivity contribution < 1.29 is 0 Å². The van der Waals surface area contributed by atoms with Gasteiger partial charge in [0.15, 0.2) is 0 Å². The lowest BCUT2D eigenvalue weighted by Gasteiger charge is -2.29. The Morgan fingerprint density at radius 2 is 1.97 bits per heavy atom. The maximum Gasteiger partial charge on any atom is 0.148 e. The quantitative estimate of drug-likeness (QED) is 0.355. The minimum atomic E-state index is -0.0195. The van der Waals surface area contributed by atoms with Crippen LogP contribution in [0.3, 0.4) is 0 Å². The van der Waals surface area contributed by atoms with Gasteiger partial charge in [0.25, 0.3) is 0 Å². The van der Waals surface area contributed by atoms with E-state index in [1.165, 1.54) is 0 Å². The van der Waals surface area contributed by atoms with Gasteiger partial charge in [-0.25, -0.2) is 4.68 Å². The Bertz CT molecular complexity index is 940. The van der Waals surface area contributed by atoms with Gasteiger partial charge in [-0.05, 0) is 69.4 Å². The number of piperidine rings is 1. The number of amidine groups is 1. The van der Waals surface area contributed by atoms with Gasteiger partial charge in [-0.1, -0.05) is 12.0 Å². The van der Waals surface area contributed by atoms with Gasteiger partial charge in [0.2, 0.25) is 0 Å². The van der Waals surface area contributed by atoms with E-state index in [0.717, 1.165) is 55.1 Å². The highest BCUT2D eigenvalue weighted by molar-refractivity contribution is 6.01. The average molecular weight is 394 g/mol. The van der Waals surface area contributed by atoms with Crippen molar-refractivity contribution in [3.63, 3.8) is 0 Å². The maximum absolute atomic E-state index is 8.07. The van der Waals surface area contributed by atoms with Crippen LogP contribution in [0, 0.1) is 30.1 Å². The maximum atomic E-state index is 8.07. The van der Waals surface area contributed by atoms with Crippen molar-refractivity contribution in [2.45, 2.75) is 26.3 Å². The van der Waals surface area contributed by atoms with Gasteiger partial charge in [-0.3, -0.25) is 5.41 Å². The Morgan fingerprint density at radius 3 is 2.59 bits per heavy atom. The topological polar surface area (TPSA) is 95.0 Å². The first kappa shape index (κ1) is 20.7. The van der Waals surface area contributed by atoms with E-state index < -0.39 is 0 Å². The molecule has 154 valence electrons. The first-order chi connectivity index (χ1) is 13.9. The molecule has 1 saturated heterocycles. The number of nitrogens with two attached hydrogens (primary N) is 1. The molecule has 1 fully saturated rings. The molecule has 7 heteroatoms. The first-order valence-electron chi connectivity index (χ1n) is 10.0. The number of benzene rings is 1. The van der Waals surface area contributed by atoms with E-state index in [4.69, 9.17) is 16.2 Å². The standard InChI is InChI=1S/C22H31N7/c1-15-5-7-18(25-2)13-17(15)6-8-19-20(21(23)24)22(26-3)29(27-19)14-16-9-11-28(4)12-10-16/h5,7,13,16,25-26H,9-12,14H2,1-4H3,(H3,23,24). The number of aryl methyl sites for hydroxylation is 1. The van der Waals surface area contributed by atoms with E-state index in [-0.39, 0.29) is 5.84 Å². The molecule has 0 atom stereocenters.